The van der Waals surface area contributed by atoms with Crippen molar-refractivity contribution in [3.8, 4) is 0 Å². The average molecular weight is 236 g/mol. The molecule has 1 N–H and O–H groups in total. The zero-order valence-corrected chi connectivity index (χ0v) is 11.0. The third kappa shape index (κ3) is 3.80. The molecule has 0 aliphatic heterocycles. The summed E-state index contributed by atoms with van der Waals surface area (Å²) in [5, 5.41) is 11.9. The maximum atomic E-state index is 4.29. The van der Waals surface area contributed by atoms with Gasteiger partial charge in [0.15, 0.2) is 0 Å². The second kappa shape index (κ2) is 6.15. The standard InChI is InChI=1S/C13H24N4/c1-11(2)14-9-12-10-17(16-15-12)13-7-5-3-4-6-8-13/h10-11,13-14H,3-9H2,1-2H3. The Labute approximate surface area is 104 Å². The summed E-state index contributed by atoms with van der Waals surface area (Å²) in [6, 6.07) is 1.08. The Morgan fingerprint density at radius 1 is 1.29 bits per heavy atom. The van der Waals surface area contributed by atoms with E-state index in [4.69, 9.17) is 0 Å². The third-order valence-electron chi connectivity index (χ3n) is 3.45. The van der Waals surface area contributed by atoms with Crippen LogP contribution in [0.5, 0.6) is 0 Å². The molecule has 0 radical (unpaired) electrons. The molecule has 4 nitrogen and oxygen atoms in total. The fraction of sp³-hybridized carbons (Fsp3) is 0.846. The second-order valence-electron chi connectivity index (χ2n) is 5.37. The van der Waals surface area contributed by atoms with E-state index in [0.29, 0.717) is 12.1 Å². The minimum Gasteiger partial charge on any atom is -0.309 e. The van der Waals surface area contributed by atoms with Crippen LogP contribution in [0.25, 0.3) is 0 Å². The molecule has 2 rings (SSSR count). The highest BCUT2D eigenvalue weighted by molar-refractivity contribution is 4.93. The fourth-order valence-electron chi connectivity index (χ4n) is 2.40. The predicted octanol–water partition coefficient (Wildman–Crippen LogP) is 2.67. The molecule has 0 spiro atoms. The molecule has 1 fully saturated rings. The summed E-state index contributed by atoms with van der Waals surface area (Å²) in [6.45, 7) is 5.12. The first-order chi connectivity index (χ1) is 8.25. The van der Waals surface area contributed by atoms with Gasteiger partial charge in [0.05, 0.1) is 17.9 Å². The molecule has 0 bridgehead atoms. The lowest BCUT2D eigenvalue weighted by Crippen LogP contribution is -2.22. The Kier molecular flexibility index (Phi) is 4.54. The summed E-state index contributed by atoms with van der Waals surface area (Å²) in [5.74, 6) is 0. The van der Waals surface area contributed by atoms with Crippen molar-refractivity contribution in [1.82, 2.24) is 20.3 Å². The molecular formula is C13H24N4. The van der Waals surface area contributed by atoms with E-state index in [1.165, 1.54) is 38.5 Å². The number of rotatable bonds is 4. The Bertz CT molecular complexity index is 324. The molecule has 1 saturated carbocycles. The van der Waals surface area contributed by atoms with Crippen LogP contribution in [0.4, 0.5) is 0 Å². The van der Waals surface area contributed by atoms with Crippen molar-refractivity contribution in [2.75, 3.05) is 0 Å². The SMILES string of the molecule is CC(C)NCc1cn(C2CCCCCC2)nn1. The smallest absolute Gasteiger partial charge is 0.0965 e. The topological polar surface area (TPSA) is 42.7 Å². The van der Waals surface area contributed by atoms with E-state index in [0.717, 1.165) is 12.2 Å². The zero-order chi connectivity index (χ0) is 12.1. The molecule has 1 aliphatic rings. The molecule has 0 aromatic carbocycles. The molecule has 0 unspecified atom stereocenters. The van der Waals surface area contributed by atoms with Crippen LogP contribution >= 0.6 is 0 Å². The molecule has 0 saturated heterocycles. The second-order valence-corrected chi connectivity index (χ2v) is 5.37. The van der Waals surface area contributed by atoms with Gasteiger partial charge in [-0.1, -0.05) is 44.7 Å². The van der Waals surface area contributed by atoms with Crippen LogP contribution < -0.4 is 5.32 Å². The van der Waals surface area contributed by atoms with Gasteiger partial charge in [-0.05, 0) is 12.8 Å². The van der Waals surface area contributed by atoms with Crippen LogP contribution in [0.3, 0.4) is 0 Å². The van der Waals surface area contributed by atoms with Crippen LogP contribution in [0, 0.1) is 0 Å². The van der Waals surface area contributed by atoms with Gasteiger partial charge in [-0.2, -0.15) is 0 Å². The van der Waals surface area contributed by atoms with E-state index in [9.17, 15) is 0 Å². The van der Waals surface area contributed by atoms with Gasteiger partial charge in [0, 0.05) is 12.6 Å². The van der Waals surface area contributed by atoms with Gasteiger partial charge in [0.1, 0.15) is 0 Å². The maximum absolute atomic E-state index is 4.29. The molecule has 0 atom stereocenters. The molecule has 0 amide bonds. The summed E-state index contributed by atoms with van der Waals surface area (Å²) in [6.07, 6.45) is 10.1. The quantitative estimate of drug-likeness (QED) is 0.817. The number of nitrogens with one attached hydrogen (secondary N) is 1. The van der Waals surface area contributed by atoms with E-state index in [1.54, 1.807) is 0 Å². The van der Waals surface area contributed by atoms with Crippen LogP contribution in [-0.4, -0.2) is 21.0 Å². The van der Waals surface area contributed by atoms with Crippen molar-refractivity contribution in [1.29, 1.82) is 0 Å². The first-order valence-corrected chi connectivity index (χ1v) is 6.90. The summed E-state index contributed by atoms with van der Waals surface area (Å²) in [5.41, 5.74) is 1.06. The minimum absolute atomic E-state index is 0.498. The molecule has 1 aliphatic carbocycles. The van der Waals surface area contributed by atoms with E-state index in [1.807, 2.05) is 0 Å². The number of nitrogens with zero attached hydrogens (tertiary/aromatic N) is 3. The average Bonchev–Trinajstić information content (AvgIpc) is 2.60. The minimum atomic E-state index is 0.498. The van der Waals surface area contributed by atoms with E-state index >= 15 is 0 Å². The van der Waals surface area contributed by atoms with Crippen LogP contribution in [0.2, 0.25) is 0 Å². The number of hydrogen-bond acceptors (Lipinski definition) is 3. The Morgan fingerprint density at radius 2 is 2.00 bits per heavy atom. The van der Waals surface area contributed by atoms with Gasteiger partial charge in [-0.25, -0.2) is 4.68 Å². The molecular weight excluding hydrogens is 212 g/mol. The Hall–Kier alpha value is -0.900. The first-order valence-electron chi connectivity index (χ1n) is 6.90. The van der Waals surface area contributed by atoms with Gasteiger partial charge in [0.2, 0.25) is 0 Å². The maximum Gasteiger partial charge on any atom is 0.0965 e. The molecule has 17 heavy (non-hydrogen) atoms. The lowest BCUT2D eigenvalue weighted by atomic mass is 10.1. The lowest BCUT2D eigenvalue weighted by Gasteiger charge is -2.13. The van der Waals surface area contributed by atoms with Gasteiger partial charge in [0.25, 0.3) is 0 Å². The normalized spacial score (nSPS) is 18.5. The monoisotopic (exact) mass is 236 g/mol. The van der Waals surface area contributed by atoms with Crippen molar-refractivity contribution in [3.63, 3.8) is 0 Å². The van der Waals surface area contributed by atoms with Gasteiger partial charge < -0.3 is 5.32 Å². The highest BCUT2D eigenvalue weighted by Crippen LogP contribution is 2.26. The molecule has 1 aromatic rings. The predicted molar refractivity (Wildman–Crippen MR) is 68.7 cm³/mol. The van der Waals surface area contributed by atoms with Crippen molar-refractivity contribution in [3.05, 3.63) is 11.9 Å². The summed E-state index contributed by atoms with van der Waals surface area (Å²) >= 11 is 0. The summed E-state index contributed by atoms with van der Waals surface area (Å²) in [4.78, 5) is 0. The zero-order valence-electron chi connectivity index (χ0n) is 11.0. The van der Waals surface area contributed by atoms with Crippen molar-refractivity contribution < 1.29 is 0 Å². The van der Waals surface area contributed by atoms with E-state index < -0.39 is 0 Å². The molecule has 4 heteroatoms. The molecule has 1 heterocycles. The lowest BCUT2D eigenvalue weighted by molar-refractivity contribution is 0.396. The largest absolute Gasteiger partial charge is 0.309 e. The number of aromatic nitrogens is 3. The highest BCUT2D eigenvalue weighted by atomic mass is 15.4. The Balaban J connectivity index is 1.92. The van der Waals surface area contributed by atoms with Crippen LogP contribution in [0.15, 0.2) is 6.20 Å². The van der Waals surface area contributed by atoms with Gasteiger partial charge in [-0.15, -0.1) is 5.10 Å². The Morgan fingerprint density at radius 3 is 2.65 bits per heavy atom. The van der Waals surface area contributed by atoms with Crippen molar-refractivity contribution >= 4 is 0 Å². The van der Waals surface area contributed by atoms with Gasteiger partial charge in [-0.3, -0.25) is 0 Å². The van der Waals surface area contributed by atoms with Gasteiger partial charge >= 0.3 is 0 Å². The summed E-state index contributed by atoms with van der Waals surface area (Å²) in [7, 11) is 0. The van der Waals surface area contributed by atoms with Crippen LogP contribution in [-0.2, 0) is 6.54 Å². The molecule has 96 valence electrons. The van der Waals surface area contributed by atoms with Crippen molar-refractivity contribution in [2.24, 2.45) is 0 Å². The van der Waals surface area contributed by atoms with Crippen molar-refractivity contribution in [2.45, 2.75) is 71.0 Å². The van der Waals surface area contributed by atoms with Crippen LogP contribution in [0.1, 0.15) is 64.1 Å². The van der Waals surface area contributed by atoms with E-state index in [2.05, 4.69) is 40.4 Å². The fourth-order valence-corrected chi connectivity index (χ4v) is 2.40. The number of hydrogen-bond donors (Lipinski definition) is 1. The molecule has 1 aromatic heterocycles. The highest BCUT2D eigenvalue weighted by Gasteiger charge is 2.15. The summed E-state index contributed by atoms with van der Waals surface area (Å²) < 4.78 is 2.09. The first kappa shape index (κ1) is 12.6. The van der Waals surface area contributed by atoms with E-state index in [-0.39, 0.29) is 0 Å². The third-order valence-corrected chi connectivity index (χ3v) is 3.45.